The molecule has 27 heavy (non-hydrogen) atoms. The Labute approximate surface area is 160 Å². The van der Waals surface area contributed by atoms with Crippen molar-refractivity contribution in [2.75, 3.05) is 32.8 Å². The van der Waals surface area contributed by atoms with Gasteiger partial charge in [-0.05, 0) is 31.5 Å². The second kappa shape index (κ2) is 8.15. The Hall–Kier alpha value is -2.31. The van der Waals surface area contributed by atoms with E-state index in [4.69, 9.17) is 14.2 Å². The predicted octanol–water partition coefficient (Wildman–Crippen LogP) is 2.79. The van der Waals surface area contributed by atoms with Gasteiger partial charge in [0, 0.05) is 44.0 Å². The number of ether oxygens (including phenoxy) is 3. The van der Waals surface area contributed by atoms with Gasteiger partial charge in [-0.3, -0.25) is 4.90 Å². The van der Waals surface area contributed by atoms with Gasteiger partial charge in [0.25, 0.3) is 5.88 Å². The van der Waals surface area contributed by atoms with E-state index in [0.717, 1.165) is 43.2 Å². The quantitative estimate of drug-likeness (QED) is 0.875. The lowest BCUT2D eigenvalue weighted by Gasteiger charge is -2.34. The number of fused-ring (bicyclic) bond motifs is 1. The Morgan fingerprint density at radius 3 is 3.00 bits per heavy atom. The lowest BCUT2D eigenvalue weighted by molar-refractivity contribution is 0.162. The highest BCUT2D eigenvalue weighted by atomic mass is 16.6. The zero-order valence-electron chi connectivity index (χ0n) is 16.0. The molecule has 1 aromatic heterocycles. The number of nitrogens with zero attached hydrogens (tertiary/aromatic N) is 2. The van der Waals surface area contributed by atoms with Gasteiger partial charge in [0.1, 0.15) is 19.0 Å². The van der Waals surface area contributed by atoms with E-state index >= 15 is 0 Å². The van der Waals surface area contributed by atoms with Gasteiger partial charge in [-0.15, -0.1) is 0 Å². The largest absolute Gasteiger partial charge is 0.491 e. The molecule has 0 bridgehead atoms. The summed E-state index contributed by atoms with van der Waals surface area (Å²) >= 11 is 0. The van der Waals surface area contributed by atoms with Gasteiger partial charge in [-0.25, -0.2) is 4.98 Å². The molecular formula is C21H27N3O3. The molecular weight excluding hydrogens is 342 g/mol. The van der Waals surface area contributed by atoms with Crippen LogP contribution in [-0.2, 0) is 6.54 Å². The van der Waals surface area contributed by atoms with E-state index in [2.05, 4.69) is 47.2 Å². The van der Waals surface area contributed by atoms with E-state index in [0.29, 0.717) is 19.1 Å². The van der Waals surface area contributed by atoms with Crippen LogP contribution in [0.5, 0.6) is 17.4 Å². The molecule has 0 aliphatic carbocycles. The predicted molar refractivity (Wildman–Crippen MR) is 103 cm³/mol. The molecule has 0 unspecified atom stereocenters. The van der Waals surface area contributed by atoms with Gasteiger partial charge in [-0.2, -0.15) is 0 Å². The number of pyridine rings is 1. The van der Waals surface area contributed by atoms with E-state index in [9.17, 15) is 0 Å². The fourth-order valence-electron chi connectivity index (χ4n) is 3.61. The zero-order chi connectivity index (χ0) is 18.6. The van der Waals surface area contributed by atoms with Crippen LogP contribution in [0.1, 0.15) is 31.0 Å². The Kier molecular flexibility index (Phi) is 5.45. The summed E-state index contributed by atoms with van der Waals surface area (Å²) in [4.78, 5) is 6.84. The molecule has 1 fully saturated rings. The van der Waals surface area contributed by atoms with Crippen LogP contribution in [-0.4, -0.2) is 48.8 Å². The molecule has 6 nitrogen and oxygen atoms in total. The first kappa shape index (κ1) is 18.1. The SMILES string of the molecule is CC(C)Oc1ccccc1[C@H]1CN(Cc2cnc3c(c2)OCCO3)CCN1. The first-order valence-electron chi connectivity index (χ1n) is 9.65. The number of hydrogen-bond acceptors (Lipinski definition) is 6. The molecule has 0 radical (unpaired) electrons. The lowest BCUT2D eigenvalue weighted by Crippen LogP contribution is -2.45. The van der Waals surface area contributed by atoms with Crippen molar-refractivity contribution >= 4 is 0 Å². The fourth-order valence-corrected chi connectivity index (χ4v) is 3.61. The highest BCUT2D eigenvalue weighted by Gasteiger charge is 2.24. The summed E-state index contributed by atoms with van der Waals surface area (Å²) in [6.07, 6.45) is 2.05. The third-order valence-electron chi connectivity index (χ3n) is 4.78. The fraction of sp³-hybridized carbons (Fsp3) is 0.476. The number of aromatic nitrogens is 1. The first-order valence-corrected chi connectivity index (χ1v) is 9.65. The molecule has 4 rings (SSSR count). The van der Waals surface area contributed by atoms with Crippen LogP contribution in [0.2, 0.25) is 0 Å². The van der Waals surface area contributed by atoms with E-state index < -0.39 is 0 Å². The van der Waals surface area contributed by atoms with Gasteiger partial charge in [0.2, 0.25) is 0 Å². The van der Waals surface area contributed by atoms with E-state index in [1.54, 1.807) is 0 Å². The van der Waals surface area contributed by atoms with Crippen molar-refractivity contribution in [1.29, 1.82) is 0 Å². The Morgan fingerprint density at radius 2 is 2.11 bits per heavy atom. The summed E-state index contributed by atoms with van der Waals surface area (Å²) in [7, 11) is 0. The van der Waals surface area contributed by atoms with Crippen molar-refractivity contribution in [3.05, 3.63) is 47.7 Å². The van der Waals surface area contributed by atoms with Gasteiger partial charge in [-0.1, -0.05) is 18.2 Å². The van der Waals surface area contributed by atoms with Crippen LogP contribution >= 0.6 is 0 Å². The Balaban J connectivity index is 1.46. The third-order valence-corrected chi connectivity index (χ3v) is 4.78. The molecule has 1 saturated heterocycles. The van der Waals surface area contributed by atoms with Crippen LogP contribution in [0.15, 0.2) is 36.5 Å². The minimum Gasteiger partial charge on any atom is -0.491 e. The molecule has 2 aromatic rings. The molecule has 6 heteroatoms. The average molecular weight is 369 g/mol. The molecule has 3 heterocycles. The smallest absolute Gasteiger partial charge is 0.257 e. The summed E-state index contributed by atoms with van der Waals surface area (Å²) in [5.74, 6) is 2.32. The molecule has 0 amide bonds. The summed E-state index contributed by atoms with van der Waals surface area (Å²) in [5.41, 5.74) is 2.36. The molecule has 2 aliphatic heterocycles. The average Bonchev–Trinajstić information content (AvgIpc) is 2.68. The normalized spacial score (nSPS) is 19.9. The topological polar surface area (TPSA) is 55.9 Å². The first-order chi connectivity index (χ1) is 13.2. The molecule has 1 N–H and O–H groups in total. The van der Waals surface area contributed by atoms with E-state index in [1.165, 1.54) is 5.56 Å². The number of rotatable bonds is 5. The number of hydrogen-bond donors (Lipinski definition) is 1. The van der Waals surface area contributed by atoms with Gasteiger partial charge in [0.15, 0.2) is 5.75 Å². The lowest BCUT2D eigenvalue weighted by atomic mass is 10.0. The molecule has 144 valence electrons. The molecule has 0 saturated carbocycles. The van der Waals surface area contributed by atoms with Gasteiger partial charge < -0.3 is 19.5 Å². The van der Waals surface area contributed by atoms with Crippen LogP contribution in [0.3, 0.4) is 0 Å². The summed E-state index contributed by atoms with van der Waals surface area (Å²) in [6.45, 7) is 8.98. The third kappa shape index (κ3) is 4.34. The van der Waals surface area contributed by atoms with E-state index in [-0.39, 0.29) is 12.1 Å². The maximum atomic E-state index is 6.02. The molecule has 2 aliphatic rings. The highest BCUT2D eigenvalue weighted by Crippen LogP contribution is 2.30. The Morgan fingerprint density at radius 1 is 1.26 bits per heavy atom. The van der Waals surface area contributed by atoms with Crippen LogP contribution in [0.4, 0.5) is 0 Å². The molecule has 1 atom stereocenters. The van der Waals surface area contributed by atoms with Crippen molar-refractivity contribution in [3.8, 4) is 17.4 Å². The van der Waals surface area contributed by atoms with Gasteiger partial charge in [0.05, 0.1) is 6.10 Å². The standard InChI is InChI=1S/C21H27N3O3/c1-15(2)27-19-6-4-3-5-17(19)18-14-24(8-7-22-18)13-16-11-20-21(23-12-16)26-10-9-25-20/h3-6,11-12,15,18,22H,7-10,13-14H2,1-2H3/t18-/m1/s1. The van der Waals surface area contributed by atoms with Crippen molar-refractivity contribution in [3.63, 3.8) is 0 Å². The zero-order valence-corrected chi connectivity index (χ0v) is 16.0. The van der Waals surface area contributed by atoms with Gasteiger partial charge >= 0.3 is 0 Å². The summed E-state index contributed by atoms with van der Waals surface area (Å²) in [5, 5.41) is 3.63. The van der Waals surface area contributed by atoms with Crippen molar-refractivity contribution in [2.45, 2.75) is 32.5 Å². The van der Waals surface area contributed by atoms with Crippen LogP contribution in [0.25, 0.3) is 0 Å². The summed E-state index contributed by atoms with van der Waals surface area (Å²) < 4.78 is 17.2. The minimum absolute atomic E-state index is 0.162. The minimum atomic E-state index is 0.162. The Bertz CT molecular complexity index is 781. The number of benzene rings is 1. The van der Waals surface area contributed by atoms with Crippen LogP contribution in [0, 0.1) is 0 Å². The number of piperazine rings is 1. The second-order valence-electron chi connectivity index (χ2n) is 7.29. The maximum absolute atomic E-state index is 6.02. The number of nitrogens with one attached hydrogen (secondary N) is 1. The second-order valence-corrected chi connectivity index (χ2v) is 7.29. The number of para-hydroxylation sites is 1. The monoisotopic (exact) mass is 369 g/mol. The van der Waals surface area contributed by atoms with Crippen LogP contribution < -0.4 is 19.5 Å². The summed E-state index contributed by atoms with van der Waals surface area (Å²) in [6, 6.07) is 10.6. The molecule has 1 aromatic carbocycles. The van der Waals surface area contributed by atoms with E-state index in [1.807, 2.05) is 18.3 Å². The van der Waals surface area contributed by atoms with Crippen molar-refractivity contribution < 1.29 is 14.2 Å². The van der Waals surface area contributed by atoms with Crippen molar-refractivity contribution in [2.24, 2.45) is 0 Å². The molecule has 0 spiro atoms. The van der Waals surface area contributed by atoms with Crippen molar-refractivity contribution in [1.82, 2.24) is 15.2 Å². The maximum Gasteiger partial charge on any atom is 0.257 e. The highest BCUT2D eigenvalue weighted by molar-refractivity contribution is 5.38.